The Bertz CT molecular complexity index is 906. The molecule has 0 atom stereocenters. The zero-order valence-corrected chi connectivity index (χ0v) is 16.5. The SMILES string of the molecule is CCNC(=NCc1cccc(OC)c1)NCc1cn2cc(Br)ccc2n1. The van der Waals surface area contributed by atoms with Crippen LogP contribution in [0.1, 0.15) is 18.2 Å². The van der Waals surface area contributed by atoms with Gasteiger partial charge in [-0.1, -0.05) is 12.1 Å². The molecule has 1 aromatic carbocycles. The summed E-state index contributed by atoms with van der Waals surface area (Å²) in [6.07, 6.45) is 4.01. The maximum Gasteiger partial charge on any atom is 0.191 e. The molecular formula is C19H22BrN5O. The molecule has 0 saturated carbocycles. The molecule has 6 nitrogen and oxygen atoms in total. The van der Waals surface area contributed by atoms with E-state index in [9.17, 15) is 0 Å². The average molecular weight is 416 g/mol. The number of guanidine groups is 1. The highest BCUT2D eigenvalue weighted by molar-refractivity contribution is 9.10. The molecule has 26 heavy (non-hydrogen) atoms. The summed E-state index contributed by atoms with van der Waals surface area (Å²) in [5.74, 6) is 1.60. The summed E-state index contributed by atoms with van der Waals surface area (Å²) < 4.78 is 8.28. The van der Waals surface area contributed by atoms with Crippen LogP contribution in [0, 0.1) is 0 Å². The molecule has 0 aliphatic heterocycles. The number of fused-ring (bicyclic) bond motifs is 1. The van der Waals surface area contributed by atoms with Gasteiger partial charge in [-0.3, -0.25) is 0 Å². The maximum atomic E-state index is 5.26. The van der Waals surface area contributed by atoms with Crippen LogP contribution in [0.5, 0.6) is 5.75 Å². The number of hydrogen-bond acceptors (Lipinski definition) is 3. The Morgan fingerprint density at radius 1 is 1.23 bits per heavy atom. The molecule has 2 heterocycles. The van der Waals surface area contributed by atoms with Gasteiger partial charge in [-0.2, -0.15) is 0 Å². The highest BCUT2D eigenvalue weighted by atomic mass is 79.9. The topological polar surface area (TPSA) is 63.0 Å². The molecule has 7 heteroatoms. The Morgan fingerprint density at radius 2 is 2.12 bits per heavy atom. The van der Waals surface area contributed by atoms with Gasteiger partial charge < -0.3 is 19.8 Å². The number of aliphatic imine (C=N–C) groups is 1. The normalized spacial score (nSPS) is 11.6. The number of hydrogen-bond donors (Lipinski definition) is 2. The van der Waals surface area contributed by atoms with E-state index in [4.69, 9.17) is 4.74 Å². The van der Waals surface area contributed by atoms with Crippen molar-refractivity contribution in [1.29, 1.82) is 0 Å². The predicted molar refractivity (Wildman–Crippen MR) is 108 cm³/mol. The highest BCUT2D eigenvalue weighted by Gasteiger charge is 2.04. The number of nitrogens with zero attached hydrogens (tertiary/aromatic N) is 3. The van der Waals surface area contributed by atoms with Gasteiger partial charge >= 0.3 is 0 Å². The molecule has 0 fully saturated rings. The minimum absolute atomic E-state index is 0.574. The molecule has 0 aliphatic carbocycles. The van der Waals surface area contributed by atoms with Crippen LogP contribution in [0.2, 0.25) is 0 Å². The van der Waals surface area contributed by atoms with Gasteiger partial charge in [0.1, 0.15) is 11.4 Å². The summed E-state index contributed by atoms with van der Waals surface area (Å²) >= 11 is 3.48. The van der Waals surface area contributed by atoms with Crippen LogP contribution in [0.4, 0.5) is 0 Å². The molecule has 0 unspecified atom stereocenters. The lowest BCUT2D eigenvalue weighted by Gasteiger charge is -2.10. The Kier molecular flexibility index (Phi) is 6.12. The molecule has 2 N–H and O–H groups in total. The van der Waals surface area contributed by atoms with Gasteiger partial charge in [0.25, 0.3) is 0 Å². The van der Waals surface area contributed by atoms with Gasteiger partial charge in [0, 0.05) is 23.4 Å². The number of nitrogens with one attached hydrogen (secondary N) is 2. The van der Waals surface area contributed by atoms with Crippen LogP contribution in [-0.4, -0.2) is 29.0 Å². The van der Waals surface area contributed by atoms with Crippen LogP contribution in [-0.2, 0) is 13.1 Å². The van der Waals surface area contributed by atoms with Crippen molar-refractivity contribution in [3.63, 3.8) is 0 Å². The van der Waals surface area contributed by atoms with Crippen LogP contribution in [0.3, 0.4) is 0 Å². The number of ether oxygens (including phenoxy) is 1. The third-order valence-electron chi connectivity index (χ3n) is 3.80. The third-order valence-corrected chi connectivity index (χ3v) is 4.27. The number of methoxy groups -OCH3 is 1. The van der Waals surface area contributed by atoms with Crippen LogP contribution in [0.15, 0.2) is 58.3 Å². The molecule has 3 aromatic rings. The Morgan fingerprint density at radius 3 is 2.92 bits per heavy atom. The van der Waals surface area contributed by atoms with E-state index in [0.717, 1.165) is 39.6 Å². The fourth-order valence-corrected chi connectivity index (χ4v) is 2.91. The Balaban J connectivity index is 1.66. The van der Waals surface area contributed by atoms with Crippen LogP contribution >= 0.6 is 15.9 Å². The number of pyridine rings is 1. The molecule has 2 aromatic heterocycles. The van der Waals surface area contributed by atoms with Crippen LogP contribution < -0.4 is 15.4 Å². The molecule has 0 spiro atoms. The van der Waals surface area contributed by atoms with Crippen molar-refractivity contribution in [2.75, 3.05) is 13.7 Å². The molecule has 136 valence electrons. The number of aromatic nitrogens is 2. The molecule has 0 bridgehead atoms. The zero-order valence-electron chi connectivity index (χ0n) is 14.9. The number of halogens is 1. The van der Waals surface area contributed by atoms with Crippen molar-refractivity contribution in [1.82, 2.24) is 20.0 Å². The smallest absolute Gasteiger partial charge is 0.191 e. The second-order valence-electron chi connectivity index (χ2n) is 5.75. The van der Waals surface area contributed by atoms with Gasteiger partial charge in [0.15, 0.2) is 5.96 Å². The van der Waals surface area contributed by atoms with E-state index < -0.39 is 0 Å². The standard InChI is InChI=1S/C19H22BrN5O/c1-3-21-19(22-10-14-5-4-6-17(9-14)26-2)23-11-16-13-25-12-15(20)7-8-18(25)24-16/h4-9,12-13H,3,10-11H2,1-2H3,(H2,21,22,23). The van der Waals surface area contributed by atoms with Gasteiger partial charge in [0.05, 0.1) is 25.9 Å². The number of imidazole rings is 1. The van der Waals surface area contributed by atoms with Crippen molar-refractivity contribution < 1.29 is 4.74 Å². The largest absolute Gasteiger partial charge is 0.497 e. The van der Waals surface area contributed by atoms with Crippen molar-refractivity contribution in [3.8, 4) is 5.75 Å². The van der Waals surface area contributed by atoms with Gasteiger partial charge in [-0.25, -0.2) is 9.98 Å². The molecule has 0 amide bonds. The first kappa shape index (κ1) is 18.3. The molecule has 3 rings (SSSR count). The van der Waals surface area contributed by atoms with Crippen molar-refractivity contribution >= 4 is 27.5 Å². The van der Waals surface area contributed by atoms with E-state index >= 15 is 0 Å². The van der Waals surface area contributed by atoms with E-state index in [1.54, 1.807) is 7.11 Å². The van der Waals surface area contributed by atoms with Crippen molar-refractivity contribution in [2.24, 2.45) is 4.99 Å². The van der Waals surface area contributed by atoms with Crippen molar-refractivity contribution in [3.05, 3.63) is 64.5 Å². The van der Waals surface area contributed by atoms with Gasteiger partial charge in [-0.15, -0.1) is 0 Å². The molecule has 0 saturated heterocycles. The maximum absolute atomic E-state index is 5.26. The first-order chi connectivity index (χ1) is 12.7. The minimum Gasteiger partial charge on any atom is -0.497 e. The van der Waals surface area contributed by atoms with E-state index in [0.29, 0.717) is 13.1 Å². The lowest BCUT2D eigenvalue weighted by Crippen LogP contribution is -2.36. The van der Waals surface area contributed by atoms with E-state index in [-0.39, 0.29) is 0 Å². The van der Waals surface area contributed by atoms with E-state index in [1.807, 2.05) is 60.1 Å². The Hall–Kier alpha value is -2.54. The van der Waals surface area contributed by atoms with Gasteiger partial charge in [-0.05, 0) is 52.7 Å². The predicted octanol–water partition coefficient (Wildman–Crippen LogP) is 3.36. The van der Waals surface area contributed by atoms with Crippen LogP contribution in [0.25, 0.3) is 5.65 Å². The summed E-state index contributed by atoms with van der Waals surface area (Å²) in [4.78, 5) is 9.25. The highest BCUT2D eigenvalue weighted by Crippen LogP contribution is 2.14. The molecule has 0 aliphatic rings. The zero-order chi connectivity index (χ0) is 18.4. The summed E-state index contributed by atoms with van der Waals surface area (Å²) in [5.41, 5.74) is 2.97. The van der Waals surface area contributed by atoms with Gasteiger partial charge in [0.2, 0.25) is 0 Å². The third kappa shape index (κ3) is 4.76. The molecular weight excluding hydrogens is 394 g/mol. The first-order valence-corrected chi connectivity index (χ1v) is 9.25. The fraction of sp³-hybridized carbons (Fsp3) is 0.263. The van der Waals surface area contributed by atoms with Crippen molar-refractivity contribution in [2.45, 2.75) is 20.0 Å². The van der Waals surface area contributed by atoms with E-state index in [1.165, 1.54) is 0 Å². The second-order valence-corrected chi connectivity index (χ2v) is 6.66. The monoisotopic (exact) mass is 415 g/mol. The summed E-state index contributed by atoms with van der Waals surface area (Å²) in [6.45, 7) is 4.02. The average Bonchev–Trinajstić information content (AvgIpc) is 3.06. The fourth-order valence-electron chi connectivity index (χ4n) is 2.56. The van der Waals surface area contributed by atoms with E-state index in [2.05, 4.69) is 36.5 Å². The Labute approximate surface area is 161 Å². The lowest BCUT2D eigenvalue weighted by molar-refractivity contribution is 0.414. The second kappa shape index (κ2) is 8.71. The first-order valence-electron chi connectivity index (χ1n) is 8.46. The number of benzene rings is 1. The summed E-state index contributed by atoms with van der Waals surface area (Å²) in [6, 6.07) is 11.9. The number of rotatable bonds is 6. The minimum atomic E-state index is 0.574. The lowest BCUT2D eigenvalue weighted by atomic mass is 10.2. The summed E-state index contributed by atoms with van der Waals surface area (Å²) in [5, 5.41) is 6.59. The summed E-state index contributed by atoms with van der Waals surface area (Å²) in [7, 11) is 1.67. The quantitative estimate of drug-likeness (QED) is 0.478. The molecule has 0 radical (unpaired) electrons.